The molecule has 0 atom stereocenters. The molecule has 0 bridgehead atoms. The van der Waals surface area contributed by atoms with Crippen molar-refractivity contribution in [2.45, 2.75) is 26.2 Å². The van der Waals surface area contributed by atoms with Gasteiger partial charge < -0.3 is 9.47 Å². The van der Waals surface area contributed by atoms with Gasteiger partial charge in [0.25, 0.3) is 0 Å². The first-order valence-electron chi connectivity index (χ1n) is 4.16. The molecule has 0 unspecified atom stereocenters. The highest BCUT2D eigenvalue weighted by Gasteiger charge is 2.10. The average molecular weight is 186 g/mol. The van der Waals surface area contributed by atoms with Crippen molar-refractivity contribution in [3.8, 4) is 0 Å². The molecule has 0 amide bonds. The number of ether oxygens (including phenoxy) is 2. The van der Waals surface area contributed by atoms with Crippen LogP contribution in [0.15, 0.2) is 12.8 Å². The van der Waals surface area contributed by atoms with E-state index in [1.807, 2.05) is 6.92 Å². The number of rotatable bonds is 6. The monoisotopic (exact) mass is 186 g/mol. The lowest BCUT2D eigenvalue weighted by molar-refractivity contribution is -0.151. The molecule has 0 aliphatic rings. The van der Waals surface area contributed by atoms with Crippen LogP contribution < -0.4 is 0 Å². The molecule has 0 aromatic rings. The number of carbonyl (C=O) groups is 2. The first-order chi connectivity index (χ1) is 6.20. The fourth-order valence-electron chi connectivity index (χ4n) is 0.634. The molecular formula is C9H14O4. The second kappa shape index (κ2) is 7.34. The fraction of sp³-hybridized carbons (Fsp3) is 0.556. The first kappa shape index (κ1) is 11.7. The van der Waals surface area contributed by atoms with E-state index in [9.17, 15) is 9.59 Å². The molecule has 4 nitrogen and oxygen atoms in total. The molecule has 0 rings (SSSR count). The summed E-state index contributed by atoms with van der Waals surface area (Å²) in [5.41, 5.74) is 0. The lowest BCUT2D eigenvalue weighted by Crippen LogP contribution is -2.12. The predicted molar refractivity (Wildman–Crippen MR) is 46.8 cm³/mol. The van der Waals surface area contributed by atoms with Crippen LogP contribution in [0, 0.1) is 0 Å². The lowest BCUT2D eigenvalue weighted by Gasteiger charge is -2.01. The second-order valence-corrected chi connectivity index (χ2v) is 2.41. The normalized spacial score (nSPS) is 9.00. The van der Waals surface area contributed by atoms with E-state index in [-0.39, 0.29) is 6.42 Å². The summed E-state index contributed by atoms with van der Waals surface area (Å²) < 4.78 is 9.07. The Labute approximate surface area is 77.5 Å². The zero-order chi connectivity index (χ0) is 10.1. The Bertz CT molecular complexity index is 186. The van der Waals surface area contributed by atoms with Crippen LogP contribution in [0.25, 0.3) is 0 Å². The van der Waals surface area contributed by atoms with Crippen LogP contribution in [0.5, 0.6) is 0 Å². The average Bonchev–Trinajstić information content (AvgIpc) is 2.05. The minimum atomic E-state index is -0.642. The van der Waals surface area contributed by atoms with Crippen molar-refractivity contribution < 1.29 is 19.1 Å². The van der Waals surface area contributed by atoms with E-state index >= 15 is 0 Å². The molecule has 0 aliphatic heterocycles. The Morgan fingerprint density at radius 2 is 2.08 bits per heavy atom. The van der Waals surface area contributed by atoms with E-state index in [2.05, 4.69) is 11.3 Å². The molecule has 0 N–H and O–H groups in total. The highest BCUT2D eigenvalue weighted by atomic mass is 16.5. The minimum Gasteiger partial charge on any atom is -0.465 e. The van der Waals surface area contributed by atoms with Gasteiger partial charge in [0.05, 0.1) is 12.9 Å². The highest BCUT2D eigenvalue weighted by Crippen LogP contribution is 1.94. The van der Waals surface area contributed by atoms with Gasteiger partial charge in [-0.1, -0.05) is 19.9 Å². The summed E-state index contributed by atoms with van der Waals surface area (Å²) in [5.74, 6) is -1.20. The summed E-state index contributed by atoms with van der Waals surface area (Å²) in [6, 6.07) is 0. The second-order valence-electron chi connectivity index (χ2n) is 2.41. The molecular weight excluding hydrogens is 172 g/mol. The number of carbonyl (C=O) groups excluding carboxylic acids is 2. The molecule has 0 saturated heterocycles. The molecule has 74 valence electrons. The van der Waals surface area contributed by atoms with Gasteiger partial charge in [-0.15, -0.1) is 0 Å². The van der Waals surface area contributed by atoms with Crippen LogP contribution in [-0.4, -0.2) is 18.5 Å². The summed E-state index contributed by atoms with van der Waals surface area (Å²) in [5, 5.41) is 0. The standard InChI is InChI=1S/C9H14O4/c1-3-5-6-13-9(11)7-8(10)12-4-2/h4H,2-3,5-7H2,1H3. The maximum absolute atomic E-state index is 10.8. The Kier molecular flexibility index (Phi) is 6.59. The Morgan fingerprint density at radius 1 is 1.38 bits per heavy atom. The van der Waals surface area contributed by atoms with Crippen molar-refractivity contribution in [2.24, 2.45) is 0 Å². The summed E-state index contributed by atoms with van der Waals surface area (Å²) in [6.45, 7) is 5.53. The molecule has 13 heavy (non-hydrogen) atoms. The van der Waals surface area contributed by atoms with Crippen molar-refractivity contribution in [1.82, 2.24) is 0 Å². The van der Waals surface area contributed by atoms with E-state index in [1.54, 1.807) is 0 Å². The number of hydrogen-bond acceptors (Lipinski definition) is 4. The van der Waals surface area contributed by atoms with Crippen molar-refractivity contribution in [1.29, 1.82) is 0 Å². The summed E-state index contributed by atoms with van der Waals surface area (Å²) in [4.78, 5) is 21.5. The van der Waals surface area contributed by atoms with Gasteiger partial charge in [0.2, 0.25) is 0 Å². The Morgan fingerprint density at radius 3 is 2.62 bits per heavy atom. The number of unbranched alkanes of at least 4 members (excludes halogenated alkanes) is 1. The Hall–Kier alpha value is -1.32. The maximum atomic E-state index is 10.8. The third-order valence-corrected chi connectivity index (χ3v) is 1.26. The van der Waals surface area contributed by atoms with Crippen molar-refractivity contribution in [3.05, 3.63) is 12.8 Å². The quantitative estimate of drug-likeness (QED) is 0.272. The highest BCUT2D eigenvalue weighted by molar-refractivity contribution is 5.91. The molecule has 0 aliphatic carbocycles. The zero-order valence-electron chi connectivity index (χ0n) is 7.75. The van der Waals surface area contributed by atoms with Gasteiger partial charge in [0.1, 0.15) is 6.42 Å². The smallest absolute Gasteiger partial charge is 0.321 e. The molecule has 0 aromatic carbocycles. The molecule has 4 heteroatoms. The third-order valence-electron chi connectivity index (χ3n) is 1.26. The van der Waals surface area contributed by atoms with Crippen molar-refractivity contribution in [3.63, 3.8) is 0 Å². The molecule has 0 saturated carbocycles. The SMILES string of the molecule is C=COC(=O)CC(=O)OCCCC. The van der Waals surface area contributed by atoms with Gasteiger partial charge in [-0.3, -0.25) is 9.59 Å². The van der Waals surface area contributed by atoms with Gasteiger partial charge >= 0.3 is 11.9 Å². The van der Waals surface area contributed by atoms with Crippen molar-refractivity contribution in [2.75, 3.05) is 6.61 Å². The first-order valence-corrected chi connectivity index (χ1v) is 4.16. The Balaban J connectivity index is 3.49. The summed E-state index contributed by atoms with van der Waals surface area (Å²) in [6.07, 6.45) is 2.39. The van der Waals surface area contributed by atoms with Crippen LogP contribution in [0.3, 0.4) is 0 Å². The van der Waals surface area contributed by atoms with Crippen molar-refractivity contribution >= 4 is 11.9 Å². The number of hydrogen-bond donors (Lipinski definition) is 0. The minimum absolute atomic E-state index is 0.351. The van der Waals surface area contributed by atoms with Crippen LogP contribution in [0.4, 0.5) is 0 Å². The molecule has 0 heterocycles. The van der Waals surface area contributed by atoms with Gasteiger partial charge in [-0.2, -0.15) is 0 Å². The lowest BCUT2D eigenvalue weighted by atomic mass is 10.3. The van der Waals surface area contributed by atoms with E-state index in [4.69, 9.17) is 4.74 Å². The van der Waals surface area contributed by atoms with E-state index < -0.39 is 11.9 Å². The van der Waals surface area contributed by atoms with Gasteiger partial charge in [0.15, 0.2) is 0 Å². The van der Waals surface area contributed by atoms with Crippen LogP contribution in [-0.2, 0) is 19.1 Å². The topological polar surface area (TPSA) is 52.6 Å². The van der Waals surface area contributed by atoms with Crippen LogP contribution >= 0.6 is 0 Å². The number of esters is 2. The van der Waals surface area contributed by atoms with Crippen LogP contribution in [0.2, 0.25) is 0 Å². The van der Waals surface area contributed by atoms with Crippen LogP contribution in [0.1, 0.15) is 26.2 Å². The molecule has 0 radical (unpaired) electrons. The fourth-order valence-corrected chi connectivity index (χ4v) is 0.634. The molecule has 0 fully saturated rings. The maximum Gasteiger partial charge on any atom is 0.321 e. The third kappa shape index (κ3) is 7.05. The molecule has 0 aromatic heterocycles. The van der Waals surface area contributed by atoms with Gasteiger partial charge in [0, 0.05) is 0 Å². The largest absolute Gasteiger partial charge is 0.465 e. The van der Waals surface area contributed by atoms with E-state index in [0.29, 0.717) is 6.61 Å². The van der Waals surface area contributed by atoms with E-state index in [0.717, 1.165) is 19.1 Å². The zero-order valence-corrected chi connectivity index (χ0v) is 7.75. The molecule has 0 spiro atoms. The predicted octanol–water partition coefficient (Wildman–Crippen LogP) is 1.41. The summed E-state index contributed by atoms with van der Waals surface area (Å²) in [7, 11) is 0. The summed E-state index contributed by atoms with van der Waals surface area (Å²) >= 11 is 0. The van der Waals surface area contributed by atoms with E-state index in [1.165, 1.54) is 0 Å². The van der Waals surface area contributed by atoms with Gasteiger partial charge in [-0.05, 0) is 6.42 Å². The van der Waals surface area contributed by atoms with Gasteiger partial charge in [-0.25, -0.2) is 0 Å².